The molecule has 94 valence electrons. The molecule has 0 amide bonds. The van der Waals surface area contributed by atoms with Gasteiger partial charge in [0.15, 0.2) is 8.92 Å². The van der Waals surface area contributed by atoms with Crippen molar-refractivity contribution in [1.29, 1.82) is 0 Å². The average molecular weight is 330 g/mol. The van der Waals surface area contributed by atoms with Crippen LogP contribution >= 0.6 is 27.3 Å². The first kappa shape index (κ1) is 12.9. The number of halogens is 1. The molecule has 2 aromatic rings. The maximum absolute atomic E-state index is 11.0. The van der Waals surface area contributed by atoms with E-state index in [0.29, 0.717) is 21.1 Å². The normalized spacial score (nSPS) is 10.3. The average Bonchev–Trinajstić information content (AvgIpc) is 2.76. The van der Waals surface area contributed by atoms with Gasteiger partial charge < -0.3 is 4.74 Å². The van der Waals surface area contributed by atoms with E-state index in [4.69, 9.17) is 4.74 Å². The summed E-state index contributed by atoms with van der Waals surface area (Å²) in [5.74, 6) is 0.230. The molecule has 6 nitrogen and oxygen atoms in total. The van der Waals surface area contributed by atoms with Gasteiger partial charge in [-0.3, -0.25) is 10.1 Å². The topological polar surface area (TPSA) is 78.2 Å². The zero-order valence-electron chi connectivity index (χ0n) is 9.29. The van der Waals surface area contributed by atoms with Gasteiger partial charge in [-0.25, -0.2) is 0 Å². The number of nitrogens with zero attached hydrogens (tertiary/aromatic N) is 3. The summed E-state index contributed by atoms with van der Waals surface area (Å²) in [7, 11) is 0. The predicted octanol–water partition coefficient (Wildman–Crippen LogP) is 3.27. The first-order chi connectivity index (χ1) is 8.63. The van der Waals surface area contributed by atoms with Gasteiger partial charge in [-0.2, -0.15) is 0 Å². The number of hydrogen-bond acceptors (Lipinski definition) is 6. The molecule has 0 radical (unpaired) electrons. The highest BCUT2D eigenvalue weighted by Gasteiger charge is 2.21. The largest absolute Gasteiger partial charge is 0.487 e. The Hall–Kier alpha value is -1.54. The molecule has 0 saturated heterocycles. The van der Waals surface area contributed by atoms with Crippen molar-refractivity contribution in [2.24, 2.45) is 0 Å². The van der Waals surface area contributed by atoms with E-state index in [-0.39, 0.29) is 11.4 Å². The number of hydrogen-bond donors (Lipinski definition) is 0. The smallest absolute Gasteiger partial charge is 0.311 e. The van der Waals surface area contributed by atoms with Gasteiger partial charge in [0, 0.05) is 6.07 Å². The number of aromatic nitrogens is 2. The molecule has 0 fully saturated rings. The van der Waals surface area contributed by atoms with E-state index in [1.807, 2.05) is 0 Å². The predicted molar refractivity (Wildman–Crippen MR) is 70.9 cm³/mol. The molecule has 8 heteroatoms. The number of nitro groups is 1. The van der Waals surface area contributed by atoms with Gasteiger partial charge in [0.2, 0.25) is 5.75 Å². The third-order valence-electron chi connectivity index (χ3n) is 2.11. The summed E-state index contributed by atoms with van der Waals surface area (Å²) >= 11 is 4.50. The summed E-state index contributed by atoms with van der Waals surface area (Å²) in [5.41, 5.74) is 0.509. The van der Waals surface area contributed by atoms with Gasteiger partial charge in [-0.05, 0) is 28.9 Å². The van der Waals surface area contributed by atoms with Gasteiger partial charge in [0.05, 0.1) is 17.1 Å². The highest BCUT2D eigenvalue weighted by molar-refractivity contribution is 9.11. The van der Waals surface area contributed by atoms with E-state index in [0.717, 1.165) is 0 Å². The lowest BCUT2D eigenvalue weighted by atomic mass is 10.2. The molecular formula is C10H8BrN3O3S. The van der Waals surface area contributed by atoms with Crippen molar-refractivity contribution in [3.05, 3.63) is 32.2 Å². The van der Waals surface area contributed by atoms with Gasteiger partial charge in [-0.1, -0.05) is 17.4 Å². The van der Waals surface area contributed by atoms with Gasteiger partial charge in [-0.15, -0.1) is 10.2 Å². The van der Waals surface area contributed by atoms with Crippen LogP contribution < -0.4 is 4.74 Å². The van der Waals surface area contributed by atoms with Crippen molar-refractivity contribution in [3.8, 4) is 16.3 Å². The summed E-state index contributed by atoms with van der Waals surface area (Å²) in [6.07, 6.45) is 0. The van der Waals surface area contributed by atoms with Crippen LogP contribution in [0.5, 0.6) is 5.75 Å². The lowest BCUT2D eigenvalue weighted by molar-refractivity contribution is -0.385. The first-order valence-corrected chi connectivity index (χ1v) is 6.64. The molecule has 1 aromatic heterocycles. The Labute approximate surface area is 115 Å². The van der Waals surface area contributed by atoms with Crippen molar-refractivity contribution in [3.63, 3.8) is 0 Å². The fourth-order valence-electron chi connectivity index (χ4n) is 1.45. The molecule has 0 N–H and O–H groups in total. The number of ether oxygens (including phenoxy) is 1. The highest BCUT2D eigenvalue weighted by atomic mass is 79.9. The lowest BCUT2D eigenvalue weighted by Gasteiger charge is -2.07. The lowest BCUT2D eigenvalue weighted by Crippen LogP contribution is -1.99. The number of benzene rings is 1. The Morgan fingerprint density at radius 2 is 2.28 bits per heavy atom. The summed E-state index contributed by atoms with van der Waals surface area (Å²) in [4.78, 5) is 10.5. The van der Waals surface area contributed by atoms with Crippen LogP contribution in [0, 0.1) is 10.1 Å². The van der Waals surface area contributed by atoms with Crippen LogP contribution in [0.25, 0.3) is 10.6 Å². The molecule has 0 saturated carbocycles. The molecule has 1 heterocycles. The minimum atomic E-state index is -0.468. The second-order valence-corrected chi connectivity index (χ2v) is 5.46. The summed E-state index contributed by atoms with van der Waals surface area (Å²) in [5, 5.41) is 19.3. The molecule has 0 unspecified atom stereocenters. The molecule has 0 bridgehead atoms. The van der Waals surface area contributed by atoms with Crippen LogP contribution in [0.4, 0.5) is 5.69 Å². The van der Waals surface area contributed by atoms with Crippen LogP contribution in [-0.4, -0.2) is 21.7 Å². The summed E-state index contributed by atoms with van der Waals surface area (Å²) in [6.45, 7) is 2.12. The summed E-state index contributed by atoms with van der Waals surface area (Å²) < 4.78 is 5.99. The van der Waals surface area contributed by atoms with E-state index < -0.39 is 4.92 Å². The first-order valence-electron chi connectivity index (χ1n) is 5.03. The van der Waals surface area contributed by atoms with Crippen LogP contribution in [0.2, 0.25) is 0 Å². The Morgan fingerprint density at radius 3 is 2.83 bits per heavy atom. The van der Waals surface area contributed by atoms with E-state index in [9.17, 15) is 10.1 Å². The molecule has 0 aliphatic carbocycles. The quantitative estimate of drug-likeness (QED) is 0.635. The molecule has 0 spiro atoms. The Morgan fingerprint density at radius 1 is 1.50 bits per heavy atom. The maximum Gasteiger partial charge on any atom is 0.311 e. The van der Waals surface area contributed by atoms with Crippen LogP contribution in [-0.2, 0) is 0 Å². The van der Waals surface area contributed by atoms with Crippen LogP contribution in [0.3, 0.4) is 0 Å². The zero-order chi connectivity index (χ0) is 13.1. The number of rotatable bonds is 4. The number of para-hydroxylation sites is 1. The molecule has 0 atom stereocenters. The molecular weight excluding hydrogens is 322 g/mol. The Kier molecular flexibility index (Phi) is 3.87. The van der Waals surface area contributed by atoms with Gasteiger partial charge in [0.1, 0.15) is 0 Å². The second kappa shape index (κ2) is 5.40. The number of nitro benzene ring substituents is 1. The second-order valence-electron chi connectivity index (χ2n) is 3.20. The van der Waals surface area contributed by atoms with Crippen LogP contribution in [0.1, 0.15) is 6.92 Å². The molecule has 0 aliphatic heterocycles. The minimum absolute atomic E-state index is 0.0688. The van der Waals surface area contributed by atoms with Crippen molar-refractivity contribution in [1.82, 2.24) is 10.2 Å². The monoisotopic (exact) mass is 329 g/mol. The van der Waals surface area contributed by atoms with Gasteiger partial charge >= 0.3 is 5.69 Å². The van der Waals surface area contributed by atoms with E-state index in [1.165, 1.54) is 17.4 Å². The van der Waals surface area contributed by atoms with E-state index in [1.54, 1.807) is 19.1 Å². The molecule has 18 heavy (non-hydrogen) atoms. The Balaban J connectivity index is 2.59. The van der Waals surface area contributed by atoms with Crippen molar-refractivity contribution >= 4 is 33.0 Å². The van der Waals surface area contributed by atoms with Crippen molar-refractivity contribution in [2.75, 3.05) is 6.61 Å². The fourth-order valence-corrected chi connectivity index (χ4v) is 2.58. The zero-order valence-corrected chi connectivity index (χ0v) is 11.7. The standard InChI is InChI=1S/C10H8BrN3O3S/c1-2-17-8-6(9-12-13-10(11)18-9)4-3-5-7(8)14(15)16/h3-5H,2H2,1H3. The van der Waals surface area contributed by atoms with E-state index >= 15 is 0 Å². The maximum atomic E-state index is 11.0. The SMILES string of the molecule is CCOc1c(-c2nnc(Br)s2)cccc1[N+](=O)[O-]. The molecule has 0 aliphatic rings. The van der Waals surface area contributed by atoms with Crippen molar-refractivity contribution < 1.29 is 9.66 Å². The molecule has 2 rings (SSSR count). The minimum Gasteiger partial charge on any atom is -0.487 e. The third-order valence-corrected chi connectivity index (χ3v) is 3.50. The highest BCUT2D eigenvalue weighted by Crippen LogP contribution is 2.39. The fraction of sp³-hybridized carbons (Fsp3) is 0.200. The third kappa shape index (κ3) is 2.49. The summed E-state index contributed by atoms with van der Waals surface area (Å²) in [6, 6.07) is 4.74. The van der Waals surface area contributed by atoms with Crippen molar-refractivity contribution in [2.45, 2.75) is 6.92 Å². The van der Waals surface area contributed by atoms with Gasteiger partial charge in [0.25, 0.3) is 0 Å². The Bertz CT molecular complexity index is 587. The van der Waals surface area contributed by atoms with Crippen LogP contribution in [0.15, 0.2) is 22.1 Å². The van der Waals surface area contributed by atoms with E-state index in [2.05, 4.69) is 26.1 Å². The molecule has 1 aromatic carbocycles.